The summed E-state index contributed by atoms with van der Waals surface area (Å²) in [5, 5.41) is 10.7. The molecule has 0 amide bonds. The van der Waals surface area contributed by atoms with Gasteiger partial charge in [-0.05, 0) is 19.9 Å². The third kappa shape index (κ3) is 7.44. The van der Waals surface area contributed by atoms with E-state index in [0.29, 0.717) is 6.54 Å². The lowest BCUT2D eigenvalue weighted by molar-refractivity contribution is 0.0376. The number of rotatable bonds is 7. The topological polar surface area (TPSA) is 79.6 Å². The molecule has 0 unspecified atom stereocenters. The molecule has 0 saturated carbocycles. The summed E-state index contributed by atoms with van der Waals surface area (Å²) in [4.78, 5) is 11.2. The van der Waals surface area contributed by atoms with E-state index in [2.05, 4.69) is 37.5 Å². The third-order valence-corrected chi connectivity index (χ3v) is 3.58. The number of aliphatic imine (C=N–C) groups is 1. The number of aromatic nitrogens is 3. The van der Waals surface area contributed by atoms with Crippen molar-refractivity contribution in [2.75, 3.05) is 45.9 Å². The first-order valence-corrected chi connectivity index (χ1v) is 7.94. The molecule has 1 aliphatic rings. The SMILES string of the molecule is CCNC(=NCc1ncnn1C)NCCCN1CCOCC1.I. The molecule has 1 aromatic heterocycles. The minimum atomic E-state index is 0. The van der Waals surface area contributed by atoms with Crippen LogP contribution in [0.15, 0.2) is 11.3 Å². The fourth-order valence-corrected chi connectivity index (χ4v) is 2.29. The number of halogens is 1. The molecule has 2 heterocycles. The van der Waals surface area contributed by atoms with Crippen molar-refractivity contribution >= 4 is 29.9 Å². The molecule has 0 spiro atoms. The molecule has 23 heavy (non-hydrogen) atoms. The first kappa shape index (κ1) is 20.1. The zero-order chi connectivity index (χ0) is 15.6. The molecule has 0 radical (unpaired) electrons. The summed E-state index contributed by atoms with van der Waals surface area (Å²) < 4.78 is 7.10. The van der Waals surface area contributed by atoms with Crippen molar-refractivity contribution < 1.29 is 4.74 Å². The Morgan fingerprint density at radius 2 is 2.13 bits per heavy atom. The lowest BCUT2D eigenvalue weighted by atomic mass is 10.3. The quantitative estimate of drug-likeness (QED) is 0.275. The number of guanidine groups is 1. The van der Waals surface area contributed by atoms with Crippen LogP contribution in [0.25, 0.3) is 0 Å². The Hall–Kier alpha value is -0.940. The van der Waals surface area contributed by atoms with Crippen LogP contribution in [0.5, 0.6) is 0 Å². The Balaban J connectivity index is 0.00000264. The van der Waals surface area contributed by atoms with Crippen molar-refractivity contribution in [1.82, 2.24) is 30.3 Å². The minimum absolute atomic E-state index is 0. The van der Waals surface area contributed by atoms with Gasteiger partial charge in [-0.3, -0.25) is 9.58 Å². The van der Waals surface area contributed by atoms with Gasteiger partial charge in [0.2, 0.25) is 0 Å². The average Bonchev–Trinajstić information content (AvgIpc) is 2.95. The van der Waals surface area contributed by atoms with Crippen LogP contribution in [0.2, 0.25) is 0 Å². The molecule has 0 atom stereocenters. The lowest BCUT2D eigenvalue weighted by Crippen LogP contribution is -2.40. The van der Waals surface area contributed by atoms with E-state index < -0.39 is 0 Å². The number of nitrogens with zero attached hydrogens (tertiary/aromatic N) is 5. The molecule has 0 bridgehead atoms. The summed E-state index contributed by atoms with van der Waals surface area (Å²) in [6.07, 6.45) is 2.64. The van der Waals surface area contributed by atoms with E-state index in [-0.39, 0.29) is 24.0 Å². The molecule has 1 fully saturated rings. The average molecular weight is 437 g/mol. The van der Waals surface area contributed by atoms with Crippen LogP contribution in [-0.4, -0.2) is 71.6 Å². The zero-order valence-electron chi connectivity index (χ0n) is 14.0. The Morgan fingerprint density at radius 1 is 1.35 bits per heavy atom. The van der Waals surface area contributed by atoms with Crippen molar-refractivity contribution in [3.63, 3.8) is 0 Å². The van der Waals surface area contributed by atoms with E-state index in [4.69, 9.17) is 4.74 Å². The van der Waals surface area contributed by atoms with Crippen LogP contribution in [0.4, 0.5) is 0 Å². The summed E-state index contributed by atoms with van der Waals surface area (Å²) in [7, 11) is 1.88. The second-order valence-electron chi connectivity index (χ2n) is 5.23. The zero-order valence-corrected chi connectivity index (χ0v) is 16.3. The first-order chi connectivity index (χ1) is 10.8. The molecule has 2 rings (SSSR count). The second kappa shape index (κ2) is 11.6. The molecule has 1 saturated heterocycles. The standard InChI is InChI=1S/C14H27N7O.HI/c1-3-15-14(17-11-13-18-12-19-20(13)2)16-5-4-6-21-7-9-22-10-8-21;/h12H,3-11H2,1-2H3,(H2,15,16,17);1H. The molecule has 2 N–H and O–H groups in total. The van der Waals surface area contributed by atoms with Crippen molar-refractivity contribution in [2.45, 2.75) is 19.9 Å². The third-order valence-electron chi connectivity index (χ3n) is 3.58. The number of ether oxygens (including phenoxy) is 1. The van der Waals surface area contributed by atoms with E-state index in [1.807, 2.05) is 7.05 Å². The number of nitrogens with one attached hydrogen (secondary N) is 2. The maximum Gasteiger partial charge on any atom is 0.191 e. The number of aryl methyl sites for hydroxylation is 1. The number of hydrogen-bond acceptors (Lipinski definition) is 5. The molecule has 0 aliphatic carbocycles. The highest BCUT2D eigenvalue weighted by molar-refractivity contribution is 14.0. The molecular formula is C14H28IN7O. The van der Waals surface area contributed by atoms with E-state index in [9.17, 15) is 0 Å². The van der Waals surface area contributed by atoms with Crippen molar-refractivity contribution in [1.29, 1.82) is 0 Å². The van der Waals surface area contributed by atoms with Crippen LogP contribution in [0, 0.1) is 0 Å². The van der Waals surface area contributed by atoms with Gasteiger partial charge in [-0.25, -0.2) is 9.98 Å². The molecule has 1 aliphatic heterocycles. The van der Waals surface area contributed by atoms with Gasteiger partial charge < -0.3 is 15.4 Å². The highest BCUT2D eigenvalue weighted by Gasteiger charge is 2.09. The van der Waals surface area contributed by atoms with E-state index in [1.54, 1.807) is 11.0 Å². The van der Waals surface area contributed by atoms with E-state index in [0.717, 1.165) is 64.1 Å². The highest BCUT2D eigenvalue weighted by Crippen LogP contribution is 1.97. The van der Waals surface area contributed by atoms with Crippen molar-refractivity contribution in [3.05, 3.63) is 12.2 Å². The molecule has 1 aromatic rings. The van der Waals surface area contributed by atoms with Crippen LogP contribution in [0.3, 0.4) is 0 Å². The summed E-state index contributed by atoms with van der Waals surface area (Å²) in [6.45, 7) is 9.23. The van der Waals surface area contributed by atoms with Gasteiger partial charge in [-0.2, -0.15) is 5.10 Å². The van der Waals surface area contributed by atoms with E-state index >= 15 is 0 Å². The number of morpholine rings is 1. The van der Waals surface area contributed by atoms with E-state index in [1.165, 1.54) is 0 Å². The Morgan fingerprint density at radius 3 is 2.78 bits per heavy atom. The van der Waals surface area contributed by atoms with Crippen LogP contribution < -0.4 is 10.6 Å². The molecule has 0 aromatic carbocycles. The second-order valence-corrected chi connectivity index (χ2v) is 5.23. The van der Waals surface area contributed by atoms with Crippen LogP contribution in [-0.2, 0) is 18.3 Å². The van der Waals surface area contributed by atoms with Gasteiger partial charge >= 0.3 is 0 Å². The number of hydrogen-bond donors (Lipinski definition) is 2. The maximum absolute atomic E-state index is 5.35. The van der Waals surface area contributed by atoms with Crippen molar-refractivity contribution in [2.24, 2.45) is 12.0 Å². The van der Waals surface area contributed by atoms with Gasteiger partial charge in [0.15, 0.2) is 5.96 Å². The lowest BCUT2D eigenvalue weighted by Gasteiger charge is -2.26. The predicted octanol–water partition coefficient (Wildman–Crippen LogP) is 0.211. The fourth-order valence-electron chi connectivity index (χ4n) is 2.29. The van der Waals surface area contributed by atoms with Gasteiger partial charge in [0.1, 0.15) is 18.7 Å². The molecular weight excluding hydrogens is 409 g/mol. The van der Waals surface area contributed by atoms with Gasteiger partial charge in [-0.1, -0.05) is 0 Å². The Labute approximate surface area is 155 Å². The van der Waals surface area contributed by atoms with Crippen LogP contribution in [0.1, 0.15) is 19.2 Å². The fraction of sp³-hybridized carbons (Fsp3) is 0.786. The highest BCUT2D eigenvalue weighted by atomic mass is 127. The largest absolute Gasteiger partial charge is 0.379 e. The Bertz CT molecular complexity index is 460. The summed E-state index contributed by atoms with van der Waals surface area (Å²) in [5.74, 6) is 1.68. The first-order valence-electron chi connectivity index (χ1n) is 7.94. The monoisotopic (exact) mass is 437 g/mol. The van der Waals surface area contributed by atoms with Gasteiger partial charge in [0, 0.05) is 33.2 Å². The van der Waals surface area contributed by atoms with Gasteiger partial charge in [-0.15, -0.1) is 24.0 Å². The smallest absolute Gasteiger partial charge is 0.191 e. The predicted molar refractivity (Wildman–Crippen MR) is 101 cm³/mol. The molecule has 8 nitrogen and oxygen atoms in total. The molecule has 132 valence electrons. The summed E-state index contributed by atoms with van der Waals surface area (Å²) >= 11 is 0. The minimum Gasteiger partial charge on any atom is -0.379 e. The van der Waals surface area contributed by atoms with Crippen LogP contribution >= 0.6 is 24.0 Å². The van der Waals surface area contributed by atoms with Gasteiger partial charge in [0.25, 0.3) is 0 Å². The van der Waals surface area contributed by atoms with Crippen molar-refractivity contribution in [3.8, 4) is 0 Å². The maximum atomic E-state index is 5.35. The Kier molecular flexibility index (Phi) is 10.1. The molecule has 9 heteroatoms. The van der Waals surface area contributed by atoms with Gasteiger partial charge in [0.05, 0.1) is 13.2 Å². The summed E-state index contributed by atoms with van der Waals surface area (Å²) in [6, 6.07) is 0. The summed E-state index contributed by atoms with van der Waals surface area (Å²) in [5.41, 5.74) is 0. The normalized spacial score (nSPS) is 16.0.